The smallest absolute Gasteiger partial charge is 0.145 e. The third-order valence-corrected chi connectivity index (χ3v) is 2.52. The van der Waals surface area contributed by atoms with E-state index >= 15 is 0 Å². The van der Waals surface area contributed by atoms with Crippen LogP contribution in [0.2, 0.25) is 0 Å². The van der Waals surface area contributed by atoms with Gasteiger partial charge in [-0.3, -0.25) is 0 Å². The predicted octanol–water partition coefficient (Wildman–Crippen LogP) is 2.53. The maximum atomic E-state index is 5.56. The second kappa shape index (κ2) is 3.46. The molecule has 72 valence electrons. The number of nitrogens with zero attached hydrogens (tertiary/aromatic N) is 2. The number of hydrogen-bond donors (Lipinski definition) is 1. The maximum Gasteiger partial charge on any atom is 0.145 e. The molecule has 1 heterocycles. The van der Waals surface area contributed by atoms with Gasteiger partial charge >= 0.3 is 0 Å². The van der Waals surface area contributed by atoms with Crippen molar-refractivity contribution < 1.29 is 0 Å². The zero-order valence-corrected chi connectivity index (χ0v) is 9.32. The van der Waals surface area contributed by atoms with E-state index in [-0.39, 0.29) is 0 Å². The van der Waals surface area contributed by atoms with Crippen LogP contribution in [0.15, 0.2) is 34.9 Å². The first-order valence-electron chi connectivity index (χ1n) is 4.24. The van der Waals surface area contributed by atoms with Crippen molar-refractivity contribution in [3.05, 3.63) is 40.5 Å². The van der Waals surface area contributed by atoms with Crippen LogP contribution >= 0.6 is 15.9 Å². The Hall–Kier alpha value is -1.29. The lowest BCUT2D eigenvalue weighted by Crippen LogP contribution is -1.98. The van der Waals surface area contributed by atoms with Crippen molar-refractivity contribution in [3.63, 3.8) is 0 Å². The van der Waals surface area contributed by atoms with E-state index in [1.54, 1.807) is 10.7 Å². The van der Waals surface area contributed by atoms with E-state index in [4.69, 9.17) is 5.73 Å². The van der Waals surface area contributed by atoms with Crippen molar-refractivity contribution in [1.29, 1.82) is 0 Å². The number of benzene rings is 1. The quantitative estimate of drug-likeness (QED) is 0.847. The first-order valence-corrected chi connectivity index (χ1v) is 5.04. The number of halogens is 1. The van der Waals surface area contributed by atoms with Crippen molar-refractivity contribution in [1.82, 2.24) is 9.78 Å². The highest BCUT2D eigenvalue weighted by molar-refractivity contribution is 9.10. The molecule has 0 amide bonds. The summed E-state index contributed by atoms with van der Waals surface area (Å²) in [5, 5.41) is 4.16. The highest BCUT2D eigenvalue weighted by Crippen LogP contribution is 2.19. The molecule has 0 spiro atoms. The van der Waals surface area contributed by atoms with Crippen molar-refractivity contribution in [2.45, 2.75) is 6.92 Å². The monoisotopic (exact) mass is 251 g/mol. The number of aromatic nitrogens is 2. The lowest BCUT2D eigenvalue weighted by molar-refractivity contribution is 0.877. The van der Waals surface area contributed by atoms with Gasteiger partial charge in [0.25, 0.3) is 0 Å². The third kappa shape index (κ3) is 1.65. The van der Waals surface area contributed by atoms with E-state index in [0.29, 0.717) is 5.82 Å². The normalized spacial score (nSPS) is 10.4. The van der Waals surface area contributed by atoms with Gasteiger partial charge in [0.1, 0.15) is 5.82 Å². The fourth-order valence-corrected chi connectivity index (χ4v) is 1.65. The van der Waals surface area contributed by atoms with Crippen LogP contribution in [0.4, 0.5) is 5.82 Å². The summed E-state index contributed by atoms with van der Waals surface area (Å²) in [4.78, 5) is 0. The van der Waals surface area contributed by atoms with E-state index in [1.807, 2.05) is 31.3 Å². The lowest BCUT2D eigenvalue weighted by Gasteiger charge is -2.05. The molecule has 0 fully saturated rings. The molecule has 2 N–H and O–H groups in total. The standard InChI is InChI=1S/C10H10BrN3/c1-7-2-3-8(11)6-9(7)14-5-4-10(12)13-14/h2-6H,1H3,(H2,12,13). The highest BCUT2D eigenvalue weighted by atomic mass is 79.9. The van der Waals surface area contributed by atoms with Gasteiger partial charge in [0.05, 0.1) is 5.69 Å². The van der Waals surface area contributed by atoms with E-state index < -0.39 is 0 Å². The van der Waals surface area contributed by atoms with Crippen LogP contribution in [0.25, 0.3) is 5.69 Å². The first kappa shape index (κ1) is 9.27. The third-order valence-electron chi connectivity index (χ3n) is 2.03. The van der Waals surface area contributed by atoms with E-state index in [9.17, 15) is 0 Å². The van der Waals surface area contributed by atoms with Gasteiger partial charge in [0.15, 0.2) is 0 Å². The molecule has 0 radical (unpaired) electrons. The lowest BCUT2D eigenvalue weighted by atomic mass is 10.2. The molecule has 0 aliphatic rings. The van der Waals surface area contributed by atoms with Crippen molar-refractivity contribution >= 4 is 21.7 Å². The summed E-state index contributed by atoms with van der Waals surface area (Å²) >= 11 is 3.43. The van der Waals surface area contributed by atoms with Crippen LogP contribution in [-0.4, -0.2) is 9.78 Å². The van der Waals surface area contributed by atoms with Crippen LogP contribution < -0.4 is 5.73 Å². The summed E-state index contributed by atoms with van der Waals surface area (Å²) in [7, 11) is 0. The molecular weight excluding hydrogens is 242 g/mol. The molecule has 1 aromatic heterocycles. The van der Waals surface area contributed by atoms with Crippen LogP contribution in [0.1, 0.15) is 5.56 Å². The SMILES string of the molecule is Cc1ccc(Br)cc1-n1ccc(N)n1. The number of rotatable bonds is 1. The number of hydrogen-bond acceptors (Lipinski definition) is 2. The molecule has 2 rings (SSSR count). The van der Waals surface area contributed by atoms with Crippen molar-refractivity contribution in [2.75, 3.05) is 5.73 Å². The van der Waals surface area contributed by atoms with E-state index in [0.717, 1.165) is 15.7 Å². The van der Waals surface area contributed by atoms with Crippen LogP contribution in [0.5, 0.6) is 0 Å². The van der Waals surface area contributed by atoms with Gasteiger partial charge in [-0.25, -0.2) is 4.68 Å². The molecule has 0 bridgehead atoms. The molecule has 0 saturated heterocycles. The first-order chi connectivity index (χ1) is 6.66. The van der Waals surface area contributed by atoms with E-state index in [1.165, 1.54) is 0 Å². The van der Waals surface area contributed by atoms with Crippen LogP contribution in [0.3, 0.4) is 0 Å². The molecule has 0 aliphatic carbocycles. The average Bonchev–Trinajstić information content (AvgIpc) is 2.56. The zero-order chi connectivity index (χ0) is 10.1. The molecule has 4 heteroatoms. The van der Waals surface area contributed by atoms with Gasteiger partial charge < -0.3 is 5.73 Å². The number of nitrogen functional groups attached to an aromatic ring is 1. The van der Waals surface area contributed by atoms with Gasteiger partial charge in [-0.05, 0) is 24.6 Å². The van der Waals surface area contributed by atoms with Crippen LogP contribution in [-0.2, 0) is 0 Å². The molecule has 0 unspecified atom stereocenters. The summed E-state index contributed by atoms with van der Waals surface area (Å²) < 4.78 is 2.81. The predicted molar refractivity (Wildman–Crippen MR) is 60.4 cm³/mol. The van der Waals surface area contributed by atoms with Gasteiger partial charge in [-0.2, -0.15) is 5.10 Å². The Morgan fingerprint density at radius 3 is 2.79 bits per heavy atom. The Kier molecular flexibility index (Phi) is 2.29. The molecule has 0 atom stereocenters. The number of aryl methyl sites for hydroxylation is 1. The van der Waals surface area contributed by atoms with Gasteiger partial charge in [-0.1, -0.05) is 22.0 Å². The highest BCUT2D eigenvalue weighted by Gasteiger charge is 2.02. The summed E-state index contributed by atoms with van der Waals surface area (Å²) in [5.41, 5.74) is 7.76. The Morgan fingerprint density at radius 1 is 1.36 bits per heavy atom. The maximum absolute atomic E-state index is 5.56. The Balaban J connectivity index is 2.55. The fraction of sp³-hybridized carbons (Fsp3) is 0.100. The Bertz CT molecular complexity index is 462. The molecular formula is C10H10BrN3. The summed E-state index contributed by atoms with van der Waals surface area (Å²) in [6, 6.07) is 7.84. The second-order valence-corrected chi connectivity index (χ2v) is 4.03. The zero-order valence-electron chi connectivity index (χ0n) is 7.74. The molecule has 1 aromatic carbocycles. The topological polar surface area (TPSA) is 43.8 Å². The molecule has 0 saturated carbocycles. The summed E-state index contributed by atoms with van der Waals surface area (Å²) in [5.74, 6) is 0.532. The number of nitrogens with two attached hydrogens (primary N) is 1. The number of anilines is 1. The minimum absolute atomic E-state index is 0.532. The van der Waals surface area contributed by atoms with Crippen molar-refractivity contribution in [2.24, 2.45) is 0 Å². The minimum Gasteiger partial charge on any atom is -0.382 e. The van der Waals surface area contributed by atoms with E-state index in [2.05, 4.69) is 21.0 Å². The largest absolute Gasteiger partial charge is 0.382 e. The second-order valence-electron chi connectivity index (χ2n) is 3.12. The summed E-state index contributed by atoms with van der Waals surface area (Å²) in [6.07, 6.45) is 1.85. The Morgan fingerprint density at radius 2 is 2.14 bits per heavy atom. The Labute approximate surface area is 90.7 Å². The molecule has 2 aromatic rings. The van der Waals surface area contributed by atoms with Crippen LogP contribution in [0, 0.1) is 6.92 Å². The molecule has 0 aliphatic heterocycles. The van der Waals surface area contributed by atoms with Gasteiger partial charge in [-0.15, -0.1) is 0 Å². The van der Waals surface area contributed by atoms with Crippen molar-refractivity contribution in [3.8, 4) is 5.69 Å². The van der Waals surface area contributed by atoms with Gasteiger partial charge in [0.2, 0.25) is 0 Å². The van der Waals surface area contributed by atoms with Gasteiger partial charge in [0, 0.05) is 16.7 Å². The average molecular weight is 252 g/mol. The summed E-state index contributed by atoms with van der Waals surface area (Å²) in [6.45, 7) is 2.04. The fourth-order valence-electron chi connectivity index (χ4n) is 1.30. The minimum atomic E-state index is 0.532. The molecule has 3 nitrogen and oxygen atoms in total. The molecule has 14 heavy (non-hydrogen) atoms.